The van der Waals surface area contributed by atoms with Crippen LogP contribution in [0.4, 0.5) is 26.7 Å². The number of nitrogens with zero attached hydrogens (tertiary/aromatic N) is 1. The number of carbonyl (C=O) groups is 3. The quantitative estimate of drug-likeness (QED) is 0.322. The summed E-state index contributed by atoms with van der Waals surface area (Å²) in [5.74, 6) is -0.429. The highest BCUT2D eigenvalue weighted by Crippen LogP contribution is 2.44. The van der Waals surface area contributed by atoms with E-state index in [1.165, 1.54) is 0 Å². The first-order chi connectivity index (χ1) is 18.3. The van der Waals surface area contributed by atoms with Gasteiger partial charge in [0.15, 0.2) is 5.60 Å². The van der Waals surface area contributed by atoms with Crippen LogP contribution in [-0.4, -0.2) is 47.7 Å². The summed E-state index contributed by atoms with van der Waals surface area (Å²) in [5.41, 5.74) is 2.72. The second-order valence-corrected chi connectivity index (χ2v) is 9.92. The number of nitrogens with one attached hydrogen (secondary N) is 3. The Morgan fingerprint density at radius 1 is 1.08 bits per heavy atom. The van der Waals surface area contributed by atoms with E-state index >= 15 is 0 Å². The number of halogens is 1. The lowest BCUT2D eigenvalue weighted by Crippen LogP contribution is -2.44. The van der Waals surface area contributed by atoms with Gasteiger partial charge in [0.25, 0.3) is 0 Å². The molecule has 0 radical (unpaired) electrons. The monoisotopic (exact) mass is 534 g/mol. The molecule has 1 fully saturated rings. The van der Waals surface area contributed by atoms with E-state index in [1.807, 2.05) is 30.3 Å². The zero-order chi connectivity index (χ0) is 26.7. The summed E-state index contributed by atoms with van der Waals surface area (Å²) in [6.45, 7) is 1.05. The number of hydrogen-bond donors (Lipinski definition) is 4. The van der Waals surface area contributed by atoms with Gasteiger partial charge in [-0.25, -0.2) is 9.59 Å². The predicted octanol–water partition coefficient (Wildman–Crippen LogP) is 5.39. The molecule has 3 amide bonds. The average Bonchev–Trinajstić information content (AvgIpc) is 3.32. The first-order valence-corrected chi connectivity index (χ1v) is 12.7. The highest BCUT2D eigenvalue weighted by Gasteiger charge is 2.49. The van der Waals surface area contributed by atoms with Crippen molar-refractivity contribution in [3.05, 3.63) is 88.9 Å². The van der Waals surface area contributed by atoms with Crippen LogP contribution in [0.25, 0.3) is 0 Å². The Labute approximate surface area is 224 Å². The Kier molecular flexibility index (Phi) is 7.11. The second kappa shape index (κ2) is 10.6. The lowest BCUT2D eigenvalue weighted by molar-refractivity contribution is -0.135. The van der Waals surface area contributed by atoms with E-state index in [2.05, 4.69) is 16.0 Å². The molecular formula is C28H27ClN4O5. The van der Waals surface area contributed by atoms with E-state index in [-0.39, 0.29) is 18.4 Å². The van der Waals surface area contributed by atoms with E-state index in [4.69, 9.17) is 21.4 Å². The van der Waals surface area contributed by atoms with Crippen molar-refractivity contribution in [1.29, 1.82) is 0 Å². The number of fused-ring (bicyclic) bond motifs is 2. The number of hydrogen-bond acceptors (Lipinski definition) is 5. The number of benzene rings is 3. The van der Waals surface area contributed by atoms with Gasteiger partial charge in [0, 0.05) is 41.5 Å². The van der Waals surface area contributed by atoms with E-state index in [1.54, 1.807) is 47.4 Å². The number of rotatable bonds is 7. The first-order valence-electron chi connectivity index (χ1n) is 12.3. The van der Waals surface area contributed by atoms with Crippen molar-refractivity contribution in [1.82, 2.24) is 4.90 Å². The highest BCUT2D eigenvalue weighted by molar-refractivity contribution is 6.30. The molecule has 0 aliphatic carbocycles. The van der Waals surface area contributed by atoms with Gasteiger partial charge in [0.1, 0.15) is 0 Å². The van der Waals surface area contributed by atoms with Crippen LogP contribution in [0.5, 0.6) is 0 Å². The highest BCUT2D eigenvalue weighted by atomic mass is 35.5. The molecule has 2 heterocycles. The van der Waals surface area contributed by atoms with Crippen molar-refractivity contribution in [3.8, 4) is 0 Å². The topological polar surface area (TPSA) is 120 Å². The molecule has 2 atom stereocenters. The zero-order valence-electron chi connectivity index (χ0n) is 20.4. The van der Waals surface area contributed by atoms with Crippen molar-refractivity contribution < 1.29 is 24.2 Å². The fourth-order valence-corrected chi connectivity index (χ4v) is 5.26. The van der Waals surface area contributed by atoms with Gasteiger partial charge in [0.2, 0.25) is 5.91 Å². The van der Waals surface area contributed by atoms with Crippen molar-refractivity contribution in [2.24, 2.45) is 5.92 Å². The summed E-state index contributed by atoms with van der Waals surface area (Å²) < 4.78 is 5.80. The molecule has 1 unspecified atom stereocenters. The summed E-state index contributed by atoms with van der Waals surface area (Å²) in [5, 5.41) is 17.8. The fourth-order valence-electron chi connectivity index (χ4n) is 5.08. The molecule has 2 aliphatic rings. The summed E-state index contributed by atoms with van der Waals surface area (Å²) in [4.78, 5) is 38.8. The van der Waals surface area contributed by atoms with Crippen molar-refractivity contribution in [2.45, 2.75) is 18.4 Å². The number of anilines is 3. The zero-order valence-corrected chi connectivity index (χ0v) is 21.2. The Bertz CT molecular complexity index is 1350. The van der Waals surface area contributed by atoms with Crippen LogP contribution in [0.3, 0.4) is 0 Å². The smallest absolute Gasteiger partial charge is 0.412 e. The number of likely N-dealkylation sites (tertiary alicyclic amines) is 1. The average molecular weight is 535 g/mol. The summed E-state index contributed by atoms with van der Waals surface area (Å²) >= 11 is 6.26. The minimum atomic E-state index is -1.13. The maximum Gasteiger partial charge on any atom is 0.412 e. The summed E-state index contributed by atoms with van der Waals surface area (Å²) in [7, 11) is 0. The number of ether oxygens (including phenoxy) is 1. The molecular weight excluding hydrogens is 508 g/mol. The first kappa shape index (κ1) is 25.4. The van der Waals surface area contributed by atoms with Gasteiger partial charge in [-0.3, -0.25) is 15.4 Å². The van der Waals surface area contributed by atoms with Crippen LogP contribution >= 0.6 is 11.6 Å². The van der Waals surface area contributed by atoms with Crippen molar-refractivity contribution in [3.63, 3.8) is 0 Å². The molecule has 2 aliphatic heterocycles. The lowest BCUT2D eigenvalue weighted by atomic mass is 9.90. The van der Waals surface area contributed by atoms with Gasteiger partial charge in [-0.15, -0.1) is 0 Å². The van der Waals surface area contributed by atoms with Crippen LogP contribution in [-0.2, 0) is 21.6 Å². The molecule has 9 nitrogen and oxygen atoms in total. The van der Waals surface area contributed by atoms with Gasteiger partial charge in [-0.1, -0.05) is 41.9 Å². The molecule has 38 heavy (non-hydrogen) atoms. The minimum Gasteiger partial charge on any atom is -0.465 e. The SMILES string of the molecule is O=C(O)Nc1ccc(NC[C@@H](Cc2ccccc2)C(=O)N2CCC3(C2)OC(=O)Nc2ccc(Cl)cc23)cc1. The molecule has 4 N–H and O–H groups in total. The van der Waals surface area contributed by atoms with Crippen LogP contribution < -0.4 is 16.0 Å². The molecule has 5 rings (SSSR count). The third kappa shape index (κ3) is 5.52. The van der Waals surface area contributed by atoms with Crippen LogP contribution in [0.2, 0.25) is 5.02 Å². The molecule has 1 spiro atoms. The maximum absolute atomic E-state index is 13.9. The normalized spacial score (nSPS) is 18.8. The van der Waals surface area contributed by atoms with Crippen molar-refractivity contribution >= 4 is 46.8 Å². The molecule has 196 valence electrons. The molecule has 3 aromatic rings. The van der Waals surface area contributed by atoms with E-state index < -0.39 is 17.8 Å². The Morgan fingerprint density at radius 2 is 1.82 bits per heavy atom. The molecule has 0 saturated carbocycles. The molecule has 0 aromatic heterocycles. The standard InChI is InChI=1S/C28H27ClN4O5/c29-20-6-11-24-23(15-20)28(38-27(37)32-24)12-13-33(17-28)25(34)19(14-18-4-2-1-3-5-18)16-30-21-7-9-22(10-8-21)31-26(35)36/h1-11,15,19,30-31H,12-14,16-17H2,(H,32,37)(H,35,36)/t19-,28?/m1/s1. The van der Waals surface area contributed by atoms with Crippen molar-refractivity contribution in [2.75, 3.05) is 35.6 Å². The van der Waals surface area contributed by atoms with Crippen LogP contribution in [0, 0.1) is 5.92 Å². The molecule has 10 heteroatoms. The third-order valence-corrected chi connectivity index (χ3v) is 7.14. The van der Waals surface area contributed by atoms with Gasteiger partial charge in [-0.05, 0) is 54.4 Å². The Morgan fingerprint density at radius 3 is 2.55 bits per heavy atom. The number of carbonyl (C=O) groups excluding carboxylic acids is 2. The van der Waals surface area contributed by atoms with E-state index in [0.717, 1.165) is 16.8 Å². The maximum atomic E-state index is 13.9. The predicted molar refractivity (Wildman–Crippen MR) is 145 cm³/mol. The van der Waals surface area contributed by atoms with E-state index in [9.17, 15) is 14.4 Å². The Balaban J connectivity index is 1.34. The van der Waals surface area contributed by atoms with Crippen LogP contribution in [0.1, 0.15) is 17.5 Å². The van der Waals surface area contributed by atoms with E-state index in [0.29, 0.717) is 42.3 Å². The van der Waals surface area contributed by atoms with Gasteiger partial charge < -0.3 is 20.1 Å². The summed E-state index contributed by atoms with van der Waals surface area (Å²) in [6.07, 6.45) is -0.675. The summed E-state index contributed by atoms with van der Waals surface area (Å²) in [6, 6.07) is 21.9. The van der Waals surface area contributed by atoms with Gasteiger partial charge >= 0.3 is 12.2 Å². The molecule has 3 aromatic carbocycles. The lowest BCUT2D eigenvalue weighted by Gasteiger charge is -2.35. The number of amides is 3. The van der Waals surface area contributed by atoms with Crippen LogP contribution in [0.15, 0.2) is 72.8 Å². The largest absolute Gasteiger partial charge is 0.465 e. The van der Waals surface area contributed by atoms with Gasteiger partial charge in [0.05, 0.1) is 18.2 Å². The minimum absolute atomic E-state index is 0.0412. The third-order valence-electron chi connectivity index (χ3n) is 6.90. The Hall–Kier alpha value is -4.24. The molecule has 0 bridgehead atoms. The second-order valence-electron chi connectivity index (χ2n) is 9.48. The van der Waals surface area contributed by atoms with Gasteiger partial charge in [-0.2, -0.15) is 0 Å². The number of carboxylic acid groups (broad SMARTS) is 1. The molecule has 1 saturated heterocycles. The fraction of sp³-hybridized carbons (Fsp3) is 0.250.